The molecule has 1 N–H and O–H groups in total. The third-order valence-corrected chi connectivity index (χ3v) is 1.79. The van der Waals surface area contributed by atoms with Crippen LogP contribution in [0.2, 0.25) is 0 Å². The minimum absolute atomic E-state index is 0.253. The lowest BCUT2D eigenvalue weighted by atomic mass is 10.2. The summed E-state index contributed by atoms with van der Waals surface area (Å²) in [5.74, 6) is -0.253. The van der Waals surface area contributed by atoms with Crippen LogP contribution in [0.4, 0.5) is 4.79 Å². The molecule has 5 heteroatoms. The number of rotatable bonds is 6. The molecule has 100 valence electrons. The Balaban J connectivity index is 3.34. The maximum absolute atomic E-state index is 11.2. The van der Waals surface area contributed by atoms with Crippen molar-refractivity contribution in [2.45, 2.75) is 52.6 Å². The average molecular weight is 245 g/mol. The van der Waals surface area contributed by atoms with Crippen LogP contribution in [0.25, 0.3) is 0 Å². The summed E-state index contributed by atoms with van der Waals surface area (Å²) in [6.45, 7) is 7.89. The van der Waals surface area contributed by atoms with E-state index < -0.39 is 11.7 Å². The Kier molecular flexibility index (Phi) is 7.34. The van der Waals surface area contributed by atoms with Gasteiger partial charge in [0.15, 0.2) is 0 Å². The highest BCUT2D eigenvalue weighted by atomic mass is 16.6. The monoisotopic (exact) mass is 245 g/mol. The van der Waals surface area contributed by atoms with Crippen molar-refractivity contribution in [1.29, 1.82) is 0 Å². The Morgan fingerprint density at radius 3 is 2.29 bits per heavy atom. The SMILES string of the molecule is CC(=O)OCCCCCNC(=O)OC(C)(C)C. The number of alkyl carbamates (subject to hydrolysis) is 1. The lowest BCUT2D eigenvalue weighted by molar-refractivity contribution is -0.141. The summed E-state index contributed by atoms with van der Waals surface area (Å²) in [5, 5.41) is 2.67. The molecule has 0 rings (SSSR count). The van der Waals surface area contributed by atoms with Gasteiger partial charge in [0, 0.05) is 13.5 Å². The second kappa shape index (κ2) is 7.92. The van der Waals surface area contributed by atoms with Crippen LogP contribution in [0.3, 0.4) is 0 Å². The van der Waals surface area contributed by atoms with Crippen molar-refractivity contribution in [1.82, 2.24) is 5.32 Å². The fourth-order valence-electron chi connectivity index (χ4n) is 1.12. The summed E-state index contributed by atoms with van der Waals surface area (Å²) in [6.07, 6.45) is 2.18. The molecule has 5 nitrogen and oxygen atoms in total. The Labute approximate surface area is 103 Å². The summed E-state index contributed by atoms with van der Waals surface area (Å²) in [4.78, 5) is 21.7. The van der Waals surface area contributed by atoms with Crippen LogP contribution in [0.5, 0.6) is 0 Å². The van der Waals surface area contributed by atoms with E-state index in [1.54, 1.807) is 0 Å². The summed E-state index contributed by atoms with van der Waals surface area (Å²) in [7, 11) is 0. The average Bonchev–Trinajstić information content (AvgIpc) is 2.12. The van der Waals surface area contributed by atoms with Crippen molar-refractivity contribution in [3.8, 4) is 0 Å². The maximum Gasteiger partial charge on any atom is 0.407 e. The molecule has 0 radical (unpaired) electrons. The zero-order valence-corrected chi connectivity index (χ0v) is 11.2. The number of hydrogen-bond donors (Lipinski definition) is 1. The molecule has 0 aliphatic carbocycles. The molecule has 0 aromatic heterocycles. The van der Waals surface area contributed by atoms with E-state index in [1.807, 2.05) is 20.8 Å². The third-order valence-electron chi connectivity index (χ3n) is 1.79. The first-order valence-electron chi connectivity index (χ1n) is 5.91. The first-order chi connectivity index (χ1) is 7.81. The third kappa shape index (κ3) is 12.7. The molecule has 0 aliphatic rings. The molecule has 0 saturated carbocycles. The fraction of sp³-hybridized carbons (Fsp3) is 0.833. The van der Waals surface area contributed by atoms with Gasteiger partial charge in [0.2, 0.25) is 0 Å². The molecule has 0 heterocycles. The second-order valence-corrected chi connectivity index (χ2v) is 4.83. The van der Waals surface area contributed by atoms with Gasteiger partial charge in [-0.05, 0) is 40.0 Å². The smallest absolute Gasteiger partial charge is 0.407 e. The molecule has 0 unspecified atom stereocenters. The molecule has 0 atom stereocenters. The van der Waals surface area contributed by atoms with Gasteiger partial charge >= 0.3 is 12.1 Å². The van der Waals surface area contributed by atoms with Crippen molar-refractivity contribution in [3.05, 3.63) is 0 Å². The van der Waals surface area contributed by atoms with Gasteiger partial charge < -0.3 is 14.8 Å². The van der Waals surface area contributed by atoms with Crippen molar-refractivity contribution in [3.63, 3.8) is 0 Å². The van der Waals surface area contributed by atoms with E-state index in [4.69, 9.17) is 9.47 Å². The molecule has 1 amide bonds. The van der Waals surface area contributed by atoms with Crippen molar-refractivity contribution < 1.29 is 19.1 Å². The lowest BCUT2D eigenvalue weighted by Crippen LogP contribution is -2.33. The molecule has 0 aromatic carbocycles. The quantitative estimate of drug-likeness (QED) is 0.575. The van der Waals surface area contributed by atoms with Gasteiger partial charge in [-0.15, -0.1) is 0 Å². The Hall–Kier alpha value is -1.26. The fourth-order valence-corrected chi connectivity index (χ4v) is 1.12. The molecule has 0 bridgehead atoms. The van der Waals surface area contributed by atoms with Crippen LogP contribution >= 0.6 is 0 Å². The number of carbonyl (C=O) groups excluding carboxylic acids is 2. The maximum atomic E-state index is 11.2. The van der Waals surface area contributed by atoms with Gasteiger partial charge in [-0.3, -0.25) is 4.79 Å². The molecule has 0 fully saturated rings. The van der Waals surface area contributed by atoms with Crippen LogP contribution in [-0.4, -0.2) is 30.8 Å². The highest BCUT2D eigenvalue weighted by molar-refractivity contribution is 5.67. The first-order valence-corrected chi connectivity index (χ1v) is 5.91. The number of amides is 1. The first kappa shape index (κ1) is 15.7. The van der Waals surface area contributed by atoms with Gasteiger partial charge in [-0.1, -0.05) is 0 Å². The molecule has 0 aromatic rings. The van der Waals surface area contributed by atoms with Crippen molar-refractivity contribution in [2.75, 3.05) is 13.2 Å². The van der Waals surface area contributed by atoms with Crippen molar-refractivity contribution in [2.24, 2.45) is 0 Å². The van der Waals surface area contributed by atoms with E-state index in [-0.39, 0.29) is 5.97 Å². The summed E-state index contributed by atoms with van der Waals surface area (Å²) >= 11 is 0. The van der Waals surface area contributed by atoms with Crippen LogP contribution in [-0.2, 0) is 14.3 Å². The zero-order valence-electron chi connectivity index (χ0n) is 11.2. The van der Waals surface area contributed by atoms with Crippen LogP contribution in [0, 0.1) is 0 Å². The summed E-state index contributed by atoms with van der Waals surface area (Å²) < 4.78 is 9.86. The Bertz CT molecular complexity index is 245. The van der Waals surface area contributed by atoms with Gasteiger partial charge in [0.25, 0.3) is 0 Å². The molecule has 17 heavy (non-hydrogen) atoms. The zero-order chi connectivity index (χ0) is 13.3. The largest absolute Gasteiger partial charge is 0.466 e. The van der Waals surface area contributed by atoms with Gasteiger partial charge in [0.1, 0.15) is 5.60 Å². The molecular formula is C12H23NO4. The van der Waals surface area contributed by atoms with Crippen LogP contribution < -0.4 is 5.32 Å². The van der Waals surface area contributed by atoms with Gasteiger partial charge in [-0.25, -0.2) is 4.79 Å². The summed E-state index contributed by atoms with van der Waals surface area (Å²) in [5.41, 5.74) is -0.459. The topological polar surface area (TPSA) is 64.6 Å². The van der Waals surface area contributed by atoms with Gasteiger partial charge in [0.05, 0.1) is 6.61 Å². The highest BCUT2D eigenvalue weighted by Gasteiger charge is 2.15. The minimum Gasteiger partial charge on any atom is -0.466 e. The van der Waals surface area contributed by atoms with E-state index in [1.165, 1.54) is 6.92 Å². The van der Waals surface area contributed by atoms with Crippen LogP contribution in [0.15, 0.2) is 0 Å². The predicted octanol–water partition coefficient (Wildman–Crippen LogP) is 2.24. The van der Waals surface area contributed by atoms with Crippen molar-refractivity contribution >= 4 is 12.1 Å². The number of esters is 1. The molecule has 0 spiro atoms. The number of carbonyl (C=O) groups is 2. The Morgan fingerprint density at radius 1 is 1.12 bits per heavy atom. The predicted molar refractivity (Wildman–Crippen MR) is 64.7 cm³/mol. The normalized spacial score (nSPS) is 10.8. The van der Waals surface area contributed by atoms with Crippen LogP contribution in [0.1, 0.15) is 47.0 Å². The number of hydrogen-bond acceptors (Lipinski definition) is 4. The number of ether oxygens (including phenoxy) is 2. The van der Waals surface area contributed by atoms with E-state index in [0.29, 0.717) is 13.2 Å². The van der Waals surface area contributed by atoms with Gasteiger partial charge in [-0.2, -0.15) is 0 Å². The molecular weight excluding hydrogens is 222 g/mol. The second-order valence-electron chi connectivity index (χ2n) is 4.83. The molecule has 0 saturated heterocycles. The van der Waals surface area contributed by atoms with E-state index in [0.717, 1.165) is 19.3 Å². The Morgan fingerprint density at radius 2 is 1.76 bits per heavy atom. The van der Waals surface area contributed by atoms with E-state index in [9.17, 15) is 9.59 Å². The van der Waals surface area contributed by atoms with E-state index in [2.05, 4.69) is 5.32 Å². The number of unbranched alkanes of at least 4 members (excludes halogenated alkanes) is 2. The van der Waals surface area contributed by atoms with E-state index >= 15 is 0 Å². The standard InChI is InChI=1S/C12H23NO4/c1-10(14)16-9-7-5-6-8-13-11(15)17-12(2,3)4/h5-9H2,1-4H3,(H,13,15). The molecule has 0 aliphatic heterocycles. The lowest BCUT2D eigenvalue weighted by Gasteiger charge is -2.19. The summed E-state index contributed by atoms with van der Waals surface area (Å²) in [6, 6.07) is 0. The minimum atomic E-state index is -0.459. The highest BCUT2D eigenvalue weighted by Crippen LogP contribution is 2.06. The number of nitrogens with one attached hydrogen (secondary N) is 1.